The normalized spacial score (nSPS) is 16.0. The van der Waals surface area contributed by atoms with E-state index in [2.05, 4.69) is 10.6 Å². The summed E-state index contributed by atoms with van der Waals surface area (Å²) in [5.74, 6) is -0.855. The summed E-state index contributed by atoms with van der Waals surface area (Å²) in [6.07, 6.45) is 3.96. The Kier molecular flexibility index (Phi) is 6.81. The molecule has 0 saturated carbocycles. The maximum atomic E-state index is 13.0. The van der Waals surface area contributed by atoms with Gasteiger partial charge in [0.2, 0.25) is 11.8 Å². The standard InChI is InChI=1S/C25H29N5O4/c1-29-22-16(6-3-2-4-15-27-23(32)17-9-11-18(26)12-10-17)7-5-8-19(22)30(25(29)34)20-13-14-21(31)28-24(20)33/h5,7-12,20H,2-4,6,13-15,26H2,1H3,(H,27,32)(H,28,31,33). The van der Waals surface area contributed by atoms with Gasteiger partial charge in [-0.15, -0.1) is 0 Å². The second-order valence-corrected chi connectivity index (χ2v) is 8.65. The van der Waals surface area contributed by atoms with Gasteiger partial charge in [0, 0.05) is 31.3 Å². The lowest BCUT2D eigenvalue weighted by atomic mass is 10.0. The SMILES string of the molecule is Cn1c(=O)n(C2CCC(=O)NC2=O)c2cccc(CCCCCNC(=O)c3ccc(N)cc3)c21. The molecule has 9 nitrogen and oxygen atoms in total. The number of nitrogen functional groups attached to an aromatic ring is 1. The third-order valence-electron chi connectivity index (χ3n) is 6.29. The van der Waals surface area contributed by atoms with Crippen LogP contribution in [-0.2, 0) is 23.1 Å². The first-order valence-electron chi connectivity index (χ1n) is 11.5. The minimum absolute atomic E-state index is 0.116. The number of nitrogens with zero attached hydrogens (tertiary/aromatic N) is 2. The number of imide groups is 1. The number of nitrogens with one attached hydrogen (secondary N) is 2. The van der Waals surface area contributed by atoms with Crippen molar-refractivity contribution in [1.29, 1.82) is 0 Å². The van der Waals surface area contributed by atoms with Crippen LogP contribution >= 0.6 is 0 Å². The number of unbranched alkanes of at least 4 members (excludes halogenated alkanes) is 2. The molecule has 1 fully saturated rings. The molecule has 0 radical (unpaired) electrons. The van der Waals surface area contributed by atoms with Crippen molar-refractivity contribution in [3.8, 4) is 0 Å². The summed E-state index contributed by atoms with van der Waals surface area (Å²) in [7, 11) is 1.71. The van der Waals surface area contributed by atoms with Crippen LogP contribution in [0.2, 0.25) is 0 Å². The van der Waals surface area contributed by atoms with E-state index in [9.17, 15) is 19.2 Å². The minimum atomic E-state index is -0.686. The molecule has 4 rings (SSSR count). The van der Waals surface area contributed by atoms with E-state index >= 15 is 0 Å². The minimum Gasteiger partial charge on any atom is -0.399 e. The molecule has 2 aromatic carbocycles. The van der Waals surface area contributed by atoms with Crippen molar-refractivity contribution in [2.45, 2.75) is 44.6 Å². The summed E-state index contributed by atoms with van der Waals surface area (Å²) in [5.41, 5.74) is 9.15. The van der Waals surface area contributed by atoms with Crippen LogP contribution in [0.15, 0.2) is 47.3 Å². The molecule has 2 heterocycles. The molecular weight excluding hydrogens is 434 g/mol. The van der Waals surface area contributed by atoms with E-state index in [1.54, 1.807) is 35.9 Å². The van der Waals surface area contributed by atoms with Crippen LogP contribution in [0.25, 0.3) is 11.0 Å². The highest BCUT2D eigenvalue weighted by Crippen LogP contribution is 2.25. The molecule has 1 aliphatic heterocycles. The zero-order valence-corrected chi connectivity index (χ0v) is 19.2. The quantitative estimate of drug-likeness (QED) is 0.268. The van der Waals surface area contributed by atoms with Gasteiger partial charge in [-0.1, -0.05) is 18.6 Å². The topological polar surface area (TPSA) is 128 Å². The third-order valence-corrected chi connectivity index (χ3v) is 6.29. The highest BCUT2D eigenvalue weighted by atomic mass is 16.2. The molecule has 3 aromatic rings. The summed E-state index contributed by atoms with van der Waals surface area (Å²) in [6.45, 7) is 0.581. The number of anilines is 1. The Balaban J connectivity index is 1.37. The van der Waals surface area contributed by atoms with Crippen molar-refractivity contribution in [2.75, 3.05) is 12.3 Å². The van der Waals surface area contributed by atoms with Crippen molar-refractivity contribution in [3.05, 3.63) is 64.1 Å². The number of fused-ring (bicyclic) bond motifs is 1. The number of piperidine rings is 1. The maximum absolute atomic E-state index is 13.0. The first kappa shape index (κ1) is 23.3. The van der Waals surface area contributed by atoms with Gasteiger partial charge < -0.3 is 11.1 Å². The zero-order valence-electron chi connectivity index (χ0n) is 19.2. The third kappa shape index (κ3) is 4.73. The molecule has 4 N–H and O–H groups in total. The molecule has 0 spiro atoms. The van der Waals surface area contributed by atoms with Crippen LogP contribution in [0.4, 0.5) is 5.69 Å². The van der Waals surface area contributed by atoms with E-state index in [1.165, 1.54) is 4.57 Å². The van der Waals surface area contributed by atoms with Gasteiger partial charge in [0.1, 0.15) is 6.04 Å². The van der Waals surface area contributed by atoms with Gasteiger partial charge in [-0.25, -0.2) is 4.79 Å². The monoisotopic (exact) mass is 463 g/mol. The zero-order chi connectivity index (χ0) is 24.2. The molecule has 0 aliphatic carbocycles. The molecule has 1 atom stereocenters. The molecule has 1 aromatic heterocycles. The summed E-state index contributed by atoms with van der Waals surface area (Å²) >= 11 is 0. The van der Waals surface area contributed by atoms with Gasteiger partial charge in [-0.2, -0.15) is 0 Å². The predicted molar refractivity (Wildman–Crippen MR) is 129 cm³/mol. The number of nitrogens with two attached hydrogens (primary N) is 1. The van der Waals surface area contributed by atoms with E-state index in [0.29, 0.717) is 29.7 Å². The Morgan fingerprint density at radius 3 is 2.59 bits per heavy atom. The number of hydrogen-bond donors (Lipinski definition) is 3. The van der Waals surface area contributed by atoms with E-state index < -0.39 is 11.9 Å². The summed E-state index contributed by atoms with van der Waals surface area (Å²) in [4.78, 5) is 49.1. The predicted octanol–water partition coefficient (Wildman–Crippen LogP) is 2.04. The smallest absolute Gasteiger partial charge is 0.329 e. The average molecular weight is 464 g/mol. The average Bonchev–Trinajstić information content (AvgIpc) is 3.07. The number of carbonyl (C=O) groups excluding carboxylic acids is 3. The molecule has 1 unspecified atom stereocenters. The van der Waals surface area contributed by atoms with Crippen LogP contribution in [0.1, 0.15) is 54.1 Å². The van der Waals surface area contributed by atoms with E-state index in [-0.39, 0.29) is 23.9 Å². The fourth-order valence-corrected chi connectivity index (χ4v) is 4.51. The summed E-state index contributed by atoms with van der Waals surface area (Å²) in [6, 6.07) is 11.9. The van der Waals surface area contributed by atoms with Gasteiger partial charge in [0.05, 0.1) is 11.0 Å². The number of imidazole rings is 1. The highest BCUT2D eigenvalue weighted by Gasteiger charge is 2.31. The van der Waals surface area contributed by atoms with Crippen LogP contribution in [-0.4, -0.2) is 33.4 Å². The summed E-state index contributed by atoms with van der Waals surface area (Å²) in [5, 5.41) is 5.26. The van der Waals surface area contributed by atoms with Gasteiger partial charge in [0.25, 0.3) is 5.91 Å². The Labute approximate surface area is 196 Å². The van der Waals surface area contributed by atoms with Gasteiger partial charge in [0.15, 0.2) is 0 Å². The second kappa shape index (κ2) is 9.94. The van der Waals surface area contributed by atoms with Crippen molar-refractivity contribution >= 4 is 34.4 Å². The maximum Gasteiger partial charge on any atom is 0.329 e. The van der Waals surface area contributed by atoms with E-state index in [0.717, 1.165) is 36.8 Å². The lowest BCUT2D eigenvalue weighted by Crippen LogP contribution is -2.44. The fraction of sp³-hybridized carbons (Fsp3) is 0.360. The van der Waals surface area contributed by atoms with Crippen LogP contribution in [0, 0.1) is 0 Å². The lowest BCUT2D eigenvalue weighted by molar-refractivity contribution is -0.135. The summed E-state index contributed by atoms with van der Waals surface area (Å²) < 4.78 is 3.09. The van der Waals surface area contributed by atoms with Crippen molar-refractivity contribution in [1.82, 2.24) is 19.8 Å². The number of aryl methyl sites for hydroxylation is 2. The Hall–Kier alpha value is -3.88. The van der Waals surface area contributed by atoms with Gasteiger partial charge >= 0.3 is 5.69 Å². The highest BCUT2D eigenvalue weighted by molar-refractivity contribution is 6.00. The number of benzene rings is 2. The van der Waals surface area contributed by atoms with Crippen LogP contribution in [0.3, 0.4) is 0 Å². The van der Waals surface area contributed by atoms with Crippen molar-refractivity contribution in [2.24, 2.45) is 7.05 Å². The van der Waals surface area contributed by atoms with Gasteiger partial charge in [-0.05, 0) is 61.6 Å². The largest absolute Gasteiger partial charge is 0.399 e. The van der Waals surface area contributed by atoms with Crippen molar-refractivity contribution in [3.63, 3.8) is 0 Å². The molecule has 34 heavy (non-hydrogen) atoms. The molecule has 0 bridgehead atoms. The molecule has 3 amide bonds. The van der Waals surface area contributed by atoms with E-state index in [4.69, 9.17) is 5.73 Å². The van der Waals surface area contributed by atoms with Crippen LogP contribution in [0.5, 0.6) is 0 Å². The second-order valence-electron chi connectivity index (χ2n) is 8.65. The van der Waals surface area contributed by atoms with E-state index in [1.807, 2.05) is 18.2 Å². The van der Waals surface area contributed by atoms with Crippen LogP contribution < -0.4 is 22.1 Å². The number of carbonyl (C=O) groups is 3. The molecule has 178 valence electrons. The van der Waals surface area contributed by atoms with Crippen molar-refractivity contribution < 1.29 is 14.4 Å². The molecule has 1 aliphatic rings. The Morgan fingerprint density at radius 1 is 1.09 bits per heavy atom. The Bertz CT molecular complexity index is 1290. The number of para-hydroxylation sites is 1. The molecular formula is C25H29N5O4. The molecule has 1 saturated heterocycles. The first-order valence-corrected chi connectivity index (χ1v) is 11.5. The number of aromatic nitrogens is 2. The fourth-order valence-electron chi connectivity index (χ4n) is 4.51. The number of rotatable bonds is 8. The number of amides is 3. The first-order chi connectivity index (χ1) is 16.4. The number of hydrogen-bond acceptors (Lipinski definition) is 5. The molecule has 9 heteroatoms. The lowest BCUT2D eigenvalue weighted by Gasteiger charge is -2.21. The Morgan fingerprint density at radius 2 is 1.85 bits per heavy atom. The van der Waals surface area contributed by atoms with Gasteiger partial charge in [-0.3, -0.25) is 28.8 Å².